The molecule has 7 heteroatoms. The molecule has 0 radical (unpaired) electrons. The van der Waals surface area contributed by atoms with Gasteiger partial charge in [0, 0.05) is 18.2 Å². The Morgan fingerprint density at radius 2 is 1.09 bits per heavy atom. The summed E-state index contributed by atoms with van der Waals surface area (Å²) in [6.45, 7) is 0. The van der Waals surface area contributed by atoms with Gasteiger partial charge in [0.05, 0.1) is 0 Å². The van der Waals surface area contributed by atoms with Crippen LogP contribution in [0, 0.1) is 0 Å². The van der Waals surface area contributed by atoms with Gasteiger partial charge in [0.2, 0.25) is 0 Å². The number of hydrogen-bond donors (Lipinski definition) is 6. The second kappa shape index (κ2) is 10.2. The van der Waals surface area contributed by atoms with Crippen LogP contribution in [0.15, 0.2) is 72.8 Å². The fourth-order valence-corrected chi connectivity index (χ4v) is 3.94. The molecular formula is C28H26O7. The summed E-state index contributed by atoms with van der Waals surface area (Å²) in [5.74, 6) is 0.220. The minimum Gasteiger partial charge on any atom is -0.508 e. The standard InChI is InChI=1S/C28H26O7/c29-21-3-1-2-17(8-21)6-7-20-13-28(27(34)16-26(20)33)35-25-12-19(11-24(32)15-25)5-4-18-9-22(30)14-23(31)10-18/h1-3,8-16,29-34H,4-7H2. The molecule has 0 saturated carbocycles. The summed E-state index contributed by atoms with van der Waals surface area (Å²) in [5.41, 5.74) is 2.95. The Hall–Kier alpha value is -4.52. The van der Waals surface area contributed by atoms with Crippen LogP contribution >= 0.6 is 0 Å². The van der Waals surface area contributed by atoms with Crippen LogP contribution in [0.25, 0.3) is 0 Å². The third-order valence-electron chi connectivity index (χ3n) is 5.60. The lowest BCUT2D eigenvalue weighted by atomic mass is 10.0. The van der Waals surface area contributed by atoms with E-state index in [4.69, 9.17) is 4.74 Å². The summed E-state index contributed by atoms with van der Waals surface area (Å²) in [6.07, 6.45) is 2.03. The van der Waals surface area contributed by atoms with Gasteiger partial charge < -0.3 is 35.4 Å². The second-order valence-electron chi connectivity index (χ2n) is 8.41. The average Bonchev–Trinajstić information content (AvgIpc) is 2.78. The molecule has 4 aromatic rings. The fourth-order valence-electron chi connectivity index (χ4n) is 3.94. The Labute approximate surface area is 202 Å². The number of rotatable bonds is 8. The zero-order valence-corrected chi connectivity index (χ0v) is 18.8. The molecule has 4 rings (SSSR count). The maximum absolute atomic E-state index is 10.3. The number of ether oxygens (including phenoxy) is 1. The third kappa shape index (κ3) is 6.29. The van der Waals surface area contributed by atoms with Crippen molar-refractivity contribution < 1.29 is 35.4 Å². The first-order valence-electron chi connectivity index (χ1n) is 11.1. The largest absolute Gasteiger partial charge is 0.508 e. The predicted octanol–water partition coefficient (Wildman–Crippen LogP) is 5.28. The van der Waals surface area contributed by atoms with Crippen LogP contribution in [0.4, 0.5) is 0 Å². The maximum Gasteiger partial charge on any atom is 0.169 e. The molecule has 0 unspecified atom stereocenters. The van der Waals surface area contributed by atoms with E-state index in [-0.39, 0.29) is 40.2 Å². The lowest BCUT2D eigenvalue weighted by molar-refractivity contribution is 0.398. The van der Waals surface area contributed by atoms with Gasteiger partial charge in [0.1, 0.15) is 34.5 Å². The first kappa shape index (κ1) is 23.6. The Morgan fingerprint density at radius 1 is 0.486 bits per heavy atom. The Kier molecular flexibility index (Phi) is 6.87. The highest BCUT2D eigenvalue weighted by atomic mass is 16.5. The number of hydrogen-bond acceptors (Lipinski definition) is 7. The van der Waals surface area contributed by atoms with E-state index in [0.29, 0.717) is 37.0 Å². The summed E-state index contributed by atoms with van der Waals surface area (Å²) in [5, 5.41) is 59.7. The SMILES string of the molecule is Oc1cc(O)cc(CCc2cc(O)cc(Oc3cc(CCc4cccc(O)c4)c(O)cc3O)c2)c1. The van der Waals surface area contributed by atoms with Gasteiger partial charge in [0.15, 0.2) is 11.5 Å². The monoisotopic (exact) mass is 474 g/mol. The molecular weight excluding hydrogens is 448 g/mol. The van der Waals surface area contributed by atoms with Crippen LogP contribution < -0.4 is 4.74 Å². The molecule has 0 heterocycles. The van der Waals surface area contributed by atoms with E-state index in [1.165, 1.54) is 18.2 Å². The Bertz CT molecular complexity index is 1330. The van der Waals surface area contributed by atoms with Crippen LogP contribution in [-0.4, -0.2) is 30.6 Å². The summed E-state index contributed by atoms with van der Waals surface area (Å²) < 4.78 is 5.85. The van der Waals surface area contributed by atoms with Crippen molar-refractivity contribution in [2.45, 2.75) is 25.7 Å². The molecule has 0 aliphatic heterocycles. The zero-order valence-electron chi connectivity index (χ0n) is 18.8. The number of phenolic OH excluding ortho intramolecular Hbond substituents is 6. The lowest BCUT2D eigenvalue weighted by Crippen LogP contribution is -1.95. The topological polar surface area (TPSA) is 131 Å². The molecule has 0 aliphatic rings. The van der Waals surface area contributed by atoms with E-state index >= 15 is 0 Å². The molecule has 0 atom stereocenters. The van der Waals surface area contributed by atoms with Crippen molar-refractivity contribution in [3.05, 3.63) is 95.1 Å². The molecule has 0 aromatic heterocycles. The molecule has 0 spiro atoms. The molecule has 180 valence electrons. The number of aryl methyl sites for hydroxylation is 4. The van der Waals surface area contributed by atoms with E-state index in [0.717, 1.165) is 16.7 Å². The van der Waals surface area contributed by atoms with Gasteiger partial charge in [-0.1, -0.05) is 12.1 Å². The number of phenols is 6. The maximum atomic E-state index is 10.3. The van der Waals surface area contributed by atoms with Gasteiger partial charge in [-0.25, -0.2) is 0 Å². The molecule has 0 amide bonds. The van der Waals surface area contributed by atoms with E-state index in [1.54, 1.807) is 48.5 Å². The van der Waals surface area contributed by atoms with Crippen LogP contribution in [0.5, 0.6) is 46.0 Å². The lowest BCUT2D eigenvalue weighted by Gasteiger charge is -2.13. The quantitative estimate of drug-likeness (QED) is 0.205. The van der Waals surface area contributed by atoms with Gasteiger partial charge in [0.25, 0.3) is 0 Å². The van der Waals surface area contributed by atoms with Crippen LogP contribution in [0.2, 0.25) is 0 Å². The minimum atomic E-state index is -0.247. The summed E-state index contributed by atoms with van der Waals surface area (Å²) in [6, 6.07) is 18.7. The Balaban J connectivity index is 1.49. The third-order valence-corrected chi connectivity index (χ3v) is 5.60. The van der Waals surface area contributed by atoms with Gasteiger partial charge in [-0.05, 0) is 90.4 Å². The van der Waals surface area contributed by atoms with Crippen molar-refractivity contribution in [1.82, 2.24) is 0 Å². The molecule has 0 bridgehead atoms. The summed E-state index contributed by atoms with van der Waals surface area (Å²) in [4.78, 5) is 0. The average molecular weight is 475 g/mol. The molecule has 4 aromatic carbocycles. The fraction of sp³-hybridized carbons (Fsp3) is 0.143. The van der Waals surface area contributed by atoms with Gasteiger partial charge in [-0.3, -0.25) is 0 Å². The smallest absolute Gasteiger partial charge is 0.169 e. The summed E-state index contributed by atoms with van der Waals surface area (Å²) in [7, 11) is 0. The van der Waals surface area contributed by atoms with Crippen molar-refractivity contribution in [3.63, 3.8) is 0 Å². The van der Waals surface area contributed by atoms with Crippen molar-refractivity contribution in [3.8, 4) is 46.0 Å². The second-order valence-corrected chi connectivity index (χ2v) is 8.41. The molecule has 7 nitrogen and oxygen atoms in total. The van der Waals surface area contributed by atoms with Crippen LogP contribution in [-0.2, 0) is 25.7 Å². The first-order chi connectivity index (χ1) is 16.7. The minimum absolute atomic E-state index is 0.0152. The molecule has 0 saturated heterocycles. The van der Waals surface area contributed by atoms with E-state index in [2.05, 4.69) is 0 Å². The first-order valence-corrected chi connectivity index (χ1v) is 11.1. The van der Waals surface area contributed by atoms with Gasteiger partial charge >= 0.3 is 0 Å². The predicted molar refractivity (Wildman–Crippen MR) is 131 cm³/mol. The highest BCUT2D eigenvalue weighted by molar-refractivity contribution is 5.52. The van der Waals surface area contributed by atoms with Crippen LogP contribution in [0.3, 0.4) is 0 Å². The highest BCUT2D eigenvalue weighted by Gasteiger charge is 2.13. The van der Waals surface area contributed by atoms with E-state index in [9.17, 15) is 30.6 Å². The van der Waals surface area contributed by atoms with Crippen molar-refractivity contribution in [2.24, 2.45) is 0 Å². The molecule has 0 fully saturated rings. The zero-order chi connectivity index (χ0) is 24.9. The highest BCUT2D eigenvalue weighted by Crippen LogP contribution is 2.38. The van der Waals surface area contributed by atoms with Crippen molar-refractivity contribution in [2.75, 3.05) is 0 Å². The number of aromatic hydroxyl groups is 6. The van der Waals surface area contributed by atoms with Gasteiger partial charge in [-0.15, -0.1) is 0 Å². The Morgan fingerprint density at radius 3 is 1.77 bits per heavy atom. The van der Waals surface area contributed by atoms with Gasteiger partial charge in [-0.2, -0.15) is 0 Å². The van der Waals surface area contributed by atoms with E-state index in [1.807, 2.05) is 6.07 Å². The van der Waals surface area contributed by atoms with Crippen molar-refractivity contribution in [1.29, 1.82) is 0 Å². The number of benzene rings is 4. The van der Waals surface area contributed by atoms with Crippen LogP contribution in [0.1, 0.15) is 22.3 Å². The molecule has 6 N–H and O–H groups in total. The molecule has 0 aliphatic carbocycles. The normalized spacial score (nSPS) is 10.9. The van der Waals surface area contributed by atoms with Crippen molar-refractivity contribution >= 4 is 0 Å². The summed E-state index contributed by atoms with van der Waals surface area (Å²) >= 11 is 0. The molecule has 35 heavy (non-hydrogen) atoms. The van der Waals surface area contributed by atoms with E-state index < -0.39 is 0 Å².